The van der Waals surface area contributed by atoms with E-state index in [1.165, 1.54) is 0 Å². The molecule has 0 aliphatic heterocycles. The number of aromatic nitrogens is 2. The number of nitrogens with one attached hydrogen (secondary N) is 1. The van der Waals surface area contributed by atoms with Crippen LogP contribution in [0.15, 0.2) is 35.0 Å². The Labute approximate surface area is 110 Å². The molecule has 4 heteroatoms. The molecule has 3 nitrogen and oxygen atoms in total. The summed E-state index contributed by atoms with van der Waals surface area (Å²) >= 11 is 6.27. The summed E-state index contributed by atoms with van der Waals surface area (Å²) in [5, 5.41) is 5.93. The van der Waals surface area contributed by atoms with Crippen molar-refractivity contribution in [3.8, 4) is 0 Å². The van der Waals surface area contributed by atoms with Crippen LogP contribution in [0.2, 0.25) is 5.02 Å². The number of halogens is 1. The molecule has 0 atom stereocenters. The Morgan fingerprint density at radius 1 is 1.28 bits per heavy atom. The van der Waals surface area contributed by atoms with Gasteiger partial charge in [0.15, 0.2) is 0 Å². The minimum Gasteiger partial charge on any atom is -0.361 e. The van der Waals surface area contributed by atoms with Gasteiger partial charge in [-0.05, 0) is 43.5 Å². The molecule has 0 bridgehead atoms. The molecule has 2 heterocycles. The third kappa shape index (κ3) is 2.14. The van der Waals surface area contributed by atoms with Crippen LogP contribution in [0.5, 0.6) is 0 Å². The Kier molecular flexibility index (Phi) is 2.84. The average Bonchev–Trinajstić information content (AvgIpc) is 2.94. The van der Waals surface area contributed by atoms with Crippen LogP contribution in [0.1, 0.15) is 17.0 Å². The van der Waals surface area contributed by atoms with E-state index in [0.717, 1.165) is 45.8 Å². The minimum absolute atomic E-state index is 0.808. The first-order chi connectivity index (χ1) is 8.72. The predicted octanol–water partition coefficient (Wildman–Crippen LogP) is 3.90. The van der Waals surface area contributed by atoms with Crippen molar-refractivity contribution in [1.82, 2.24) is 10.1 Å². The molecule has 1 N–H and O–H groups in total. The third-order valence-electron chi connectivity index (χ3n) is 3.05. The van der Waals surface area contributed by atoms with E-state index in [1.54, 1.807) is 0 Å². The summed E-state index contributed by atoms with van der Waals surface area (Å²) in [5.74, 6) is 0.843. The van der Waals surface area contributed by atoms with Gasteiger partial charge in [0.25, 0.3) is 0 Å². The first kappa shape index (κ1) is 11.4. The fourth-order valence-corrected chi connectivity index (χ4v) is 2.37. The van der Waals surface area contributed by atoms with Gasteiger partial charge in [-0.2, -0.15) is 0 Å². The van der Waals surface area contributed by atoms with Gasteiger partial charge in [0.05, 0.1) is 5.69 Å². The van der Waals surface area contributed by atoms with Crippen LogP contribution in [0, 0.1) is 6.92 Å². The molecule has 0 radical (unpaired) electrons. The molecule has 18 heavy (non-hydrogen) atoms. The number of benzene rings is 1. The largest absolute Gasteiger partial charge is 0.361 e. The molecule has 1 aromatic carbocycles. The van der Waals surface area contributed by atoms with E-state index in [0.29, 0.717) is 0 Å². The number of aryl methyl sites for hydroxylation is 3. The van der Waals surface area contributed by atoms with Crippen LogP contribution in [-0.2, 0) is 12.8 Å². The molecule has 0 saturated carbocycles. The van der Waals surface area contributed by atoms with E-state index >= 15 is 0 Å². The number of aromatic amines is 1. The van der Waals surface area contributed by atoms with Gasteiger partial charge in [-0.15, -0.1) is 0 Å². The number of fused-ring (bicyclic) bond motifs is 1. The summed E-state index contributed by atoms with van der Waals surface area (Å²) in [6.07, 6.45) is 3.62. The van der Waals surface area contributed by atoms with Crippen LogP contribution in [0.4, 0.5) is 0 Å². The minimum atomic E-state index is 0.808. The van der Waals surface area contributed by atoms with E-state index in [-0.39, 0.29) is 0 Å². The first-order valence-electron chi connectivity index (χ1n) is 5.90. The molecular formula is C14H13ClN2O. The maximum Gasteiger partial charge on any atom is 0.133 e. The highest BCUT2D eigenvalue weighted by Gasteiger charge is 2.06. The second kappa shape index (κ2) is 4.50. The lowest BCUT2D eigenvalue weighted by atomic mass is 10.1. The third-order valence-corrected chi connectivity index (χ3v) is 3.40. The molecule has 0 aliphatic rings. The van der Waals surface area contributed by atoms with E-state index in [9.17, 15) is 0 Å². The molecule has 0 spiro atoms. The van der Waals surface area contributed by atoms with Gasteiger partial charge in [0, 0.05) is 28.2 Å². The molecule has 0 fully saturated rings. The summed E-state index contributed by atoms with van der Waals surface area (Å²) in [7, 11) is 0. The number of hydrogen-bond acceptors (Lipinski definition) is 2. The highest BCUT2D eigenvalue weighted by atomic mass is 35.5. The fraction of sp³-hybridized carbons (Fsp3) is 0.214. The molecule has 0 aliphatic carbocycles. The van der Waals surface area contributed by atoms with E-state index in [1.807, 2.05) is 31.3 Å². The topological polar surface area (TPSA) is 41.8 Å². The van der Waals surface area contributed by atoms with Crippen LogP contribution in [-0.4, -0.2) is 10.1 Å². The van der Waals surface area contributed by atoms with Gasteiger partial charge in [-0.1, -0.05) is 16.8 Å². The van der Waals surface area contributed by atoms with Crippen LogP contribution in [0.3, 0.4) is 0 Å². The monoisotopic (exact) mass is 260 g/mol. The molecule has 3 aromatic rings. The van der Waals surface area contributed by atoms with Crippen molar-refractivity contribution in [2.45, 2.75) is 19.8 Å². The van der Waals surface area contributed by atoms with E-state index in [4.69, 9.17) is 16.1 Å². The van der Waals surface area contributed by atoms with Crippen LogP contribution < -0.4 is 0 Å². The van der Waals surface area contributed by atoms with Gasteiger partial charge < -0.3 is 9.51 Å². The number of rotatable bonds is 3. The van der Waals surface area contributed by atoms with Gasteiger partial charge in [0.2, 0.25) is 0 Å². The van der Waals surface area contributed by atoms with Crippen molar-refractivity contribution >= 4 is 22.5 Å². The lowest BCUT2D eigenvalue weighted by Gasteiger charge is -2.03. The lowest BCUT2D eigenvalue weighted by Crippen LogP contribution is -1.92. The number of hydrogen-bond donors (Lipinski definition) is 1. The van der Waals surface area contributed by atoms with Gasteiger partial charge >= 0.3 is 0 Å². The quantitative estimate of drug-likeness (QED) is 0.776. The van der Waals surface area contributed by atoms with Crippen molar-refractivity contribution in [2.24, 2.45) is 0 Å². The van der Waals surface area contributed by atoms with E-state index < -0.39 is 0 Å². The Morgan fingerprint density at radius 3 is 2.94 bits per heavy atom. The molecule has 0 saturated heterocycles. The second-order valence-corrected chi connectivity index (χ2v) is 4.84. The molecule has 3 rings (SSSR count). The van der Waals surface area contributed by atoms with Crippen molar-refractivity contribution < 1.29 is 4.52 Å². The zero-order chi connectivity index (χ0) is 12.5. The smallest absolute Gasteiger partial charge is 0.133 e. The Balaban J connectivity index is 1.83. The van der Waals surface area contributed by atoms with Crippen molar-refractivity contribution in [1.29, 1.82) is 0 Å². The molecular weight excluding hydrogens is 248 g/mol. The summed E-state index contributed by atoms with van der Waals surface area (Å²) in [6, 6.07) is 8.08. The predicted molar refractivity (Wildman–Crippen MR) is 72.0 cm³/mol. The highest BCUT2D eigenvalue weighted by Crippen LogP contribution is 2.24. The average molecular weight is 261 g/mol. The Morgan fingerprint density at radius 2 is 2.17 bits per heavy atom. The lowest BCUT2D eigenvalue weighted by molar-refractivity contribution is 0.390. The van der Waals surface area contributed by atoms with E-state index in [2.05, 4.69) is 16.2 Å². The number of H-pyrrole nitrogens is 1. The molecule has 0 amide bonds. The summed E-state index contributed by atoms with van der Waals surface area (Å²) in [6.45, 7) is 1.90. The zero-order valence-electron chi connectivity index (χ0n) is 10.0. The second-order valence-electron chi connectivity index (χ2n) is 4.44. The normalized spacial score (nSPS) is 11.2. The van der Waals surface area contributed by atoms with Gasteiger partial charge in [0.1, 0.15) is 5.76 Å². The summed E-state index contributed by atoms with van der Waals surface area (Å²) < 4.78 is 5.05. The summed E-state index contributed by atoms with van der Waals surface area (Å²) in [4.78, 5) is 3.20. The van der Waals surface area contributed by atoms with Crippen LogP contribution in [0.25, 0.3) is 10.9 Å². The Hall–Kier alpha value is -1.74. The maximum atomic E-state index is 6.27. The van der Waals surface area contributed by atoms with Crippen molar-refractivity contribution in [3.05, 3.63) is 52.5 Å². The van der Waals surface area contributed by atoms with Gasteiger partial charge in [-0.25, -0.2) is 0 Å². The molecule has 2 aromatic heterocycles. The van der Waals surface area contributed by atoms with Gasteiger partial charge in [-0.3, -0.25) is 0 Å². The zero-order valence-corrected chi connectivity index (χ0v) is 10.8. The first-order valence-corrected chi connectivity index (χ1v) is 6.28. The van der Waals surface area contributed by atoms with Crippen LogP contribution >= 0.6 is 11.6 Å². The number of nitrogens with zero attached hydrogens (tertiary/aromatic N) is 1. The fourth-order valence-electron chi connectivity index (χ4n) is 2.11. The highest BCUT2D eigenvalue weighted by molar-refractivity contribution is 6.32. The molecule has 0 unspecified atom stereocenters. The SMILES string of the molecule is Cc1cc(CCc2cc3[nH]ccc3cc2Cl)no1. The summed E-state index contributed by atoms with van der Waals surface area (Å²) in [5.41, 5.74) is 3.22. The molecule has 92 valence electrons. The maximum absolute atomic E-state index is 6.27. The van der Waals surface area contributed by atoms with Crippen molar-refractivity contribution in [2.75, 3.05) is 0 Å². The standard InChI is InChI=1S/C14H13ClN2O/c1-9-6-12(17-18-9)3-2-10-8-14-11(4-5-16-14)7-13(10)15/h4-8,16H,2-3H2,1H3. The Bertz CT molecular complexity index is 684. The van der Waals surface area contributed by atoms with Crippen molar-refractivity contribution in [3.63, 3.8) is 0 Å².